The molecule has 0 saturated carbocycles. The lowest BCUT2D eigenvalue weighted by molar-refractivity contribution is 0.400. The van der Waals surface area contributed by atoms with Crippen LogP contribution >= 0.6 is 0 Å². The van der Waals surface area contributed by atoms with Crippen LogP contribution in [0.25, 0.3) is 10.9 Å². The van der Waals surface area contributed by atoms with Crippen LogP contribution in [-0.2, 0) is 0 Å². The minimum absolute atomic E-state index is 0.523. The van der Waals surface area contributed by atoms with Gasteiger partial charge in [-0.1, -0.05) is 0 Å². The fourth-order valence-corrected chi connectivity index (χ4v) is 1.54. The van der Waals surface area contributed by atoms with E-state index in [0.29, 0.717) is 5.88 Å². The molecule has 15 heavy (non-hydrogen) atoms. The van der Waals surface area contributed by atoms with Crippen LogP contribution in [0.5, 0.6) is 11.6 Å². The van der Waals surface area contributed by atoms with Crippen molar-refractivity contribution in [2.75, 3.05) is 14.2 Å². The third-order valence-corrected chi connectivity index (χ3v) is 2.20. The number of rotatable bonds is 2. The Kier molecular flexibility index (Phi) is 2.41. The van der Waals surface area contributed by atoms with Crippen molar-refractivity contribution < 1.29 is 9.47 Å². The molecule has 0 saturated heterocycles. The Labute approximate surface area is 87.9 Å². The molecule has 0 N–H and O–H groups in total. The number of nitrogens with zero attached hydrogens (tertiary/aromatic N) is 2. The van der Waals surface area contributed by atoms with Crippen molar-refractivity contribution in [1.29, 1.82) is 0 Å². The van der Waals surface area contributed by atoms with Crippen LogP contribution in [0.15, 0.2) is 18.3 Å². The highest BCUT2D eigenvalue weighted by Gasteiger charge is 2.09. The number of methoxy groups -OCH3 is 2. The van der Waals surface area contributed by atoms with Crippen molar-refractivity contribution in [3.05, 3.63) is 24.0 Å². The lowest BCUT2D eigenvalue weighted by atomic mass is 10.2. The number of pyridine rings is 2. The molecule has 0 radical (unpaired) electrons. The molecule has 0 amide bonds. The van der Waals surface area contributed by atoms with Gasteiger partial charge in [-0.15, -0.1) is 0 Å². The molecular formula is C11H12N2O2. The summed E-state index contributed by atoms with van der Waals surface area (Å²) >= 11 is 0. The van der Waals surface area contributed by atoms with Crippen molar-refractivity contribution in [2.45, 2.75) is 6.92 Å². The molecule has 0 atom stereocenters. The second-order valence-corrected chi connectivity index (χ2v) is 3.18. The van der Waals surface area contributed by atoms with Gasteiger partial charge in [0.05, 0.1) is 14.2 Å². The van der Waals surface area contributed by atoms with Gasteiger partial charge >= 0.3 is 0 Å². The highest BCUT2D eigenvalue weighted by atomic mass is 16.5. The van der Waals surface area contributed by atoms with Gasteiger partial charge in [0.25, 0.3) is 0 Å². The molecule has 0 fully saturated rings. The largest absolute Gasteiger partial charge is 0.496 e. The first-order chi connectivity index (χ1) is 7.26. The molecule has 0 aliphatic carbocycles. The van der Waals surface area contributed by atoms with Gasteiger partial charge in [0.1, 0.15) is 11.3 Å². The van der Waals surface area contributed by atoms with E-state index in [1.165, 1.54) is 0 Å². The summed E-state index contributed by atoms with van der Waals surface area (Å²) in [5.41, 5.74) is 1.61. The highest BCUT2D eigenvalue weighted by molar-refractivity contribution is 5.88. The molecule has 2 heterocycles. The number of aromatic nitrogens is 2. The number of hydrogen-bond donors (Lipinski definition) is 0. The molecule has 0 unspecified atom stereocenters. The van der Waals surface area contributed by atoms with Crippen molar-refractivity contribution in [3.63, 3.8) is 0 Å². The standard InChI is InChI=1S/C11H12N2O2/c1-7-6-9(14-2)8-4-5-12-11(15-3)10(8)13-7/h4-6H,1-3H3. The van der Waals surface area contributed by atoms with Crippen molar-refractivity contribution in [2.24, 2.45) is 0 Å². The summed E-state index contributed by atoms with van der Waals surface area (Å²) in [6, 6.07) is 3.75. The molecule has 0 spiro atoms. The zero-order valence-corrected chi connectivity index (χ0v) is 8.94. The van der Waals surface area contributed by atoms with Gasteiger partial charge in [0, 0.05) is 23.3 Å². The van der Waals surface area contributed by atoms with E-state index in [-0.39, 0.29) is 0 Å². The first-order valence-electron chi connectivity index (χ1n) is 4.60. The Bertz CT molecular complexity index is 497. The summed E-state index contributed by atoms with van der Waals surface area (Å²) in [6.45, 7) is 1.91. The molecule has 4 heteroatoms. The third kappa shape index (κ3) is 1.58. The van der Waals surface area contributed by atoms with Crippen molar-refractivity contribution in [1.82, 2.24) is 9.97 Å². The first-order valence-corrected chi connectivity index (χ1v) is 4.60. The molecule has 78 valence electrons. The molecule has 0 aliphatic rings. The predicted molar refractivity (Wildman–Crippen MR) is 57.4 cm³/mol. The van der Waals surface area contributed by atoms with E-state index in [0.717, 1.165) is 22.3 Å². The maximum absolute atomic E-state index is 5.28. The molecule has 0 aliphatic heterocycles. The first kappa shape index (κ1) is 9.71. The number of fused-ring (bicyclic) bond motifs is 1. The Morgan fingerprint density at radius 2 is 2.00 bits per heavy atom. The van der Waals surface area contributed by atoms with Gasteiger partial charge < -0.3 is 9.47 Å². The summed E-state index contributed by atoms with van der Waals surface area (Å²) in [5.74, 6) is 1.31. The minimum atomic E-state index is 0.523. The average Bonchev–Trinajstić information content (AvgIpc) is 2.27. The molecule has 2 rings (SSSR count). The summed E-state index contributed by atoms with van der Waals surface area (Å²) in [5, 5.41) is 0.912. The quantitative estimate of drug-likeness (QED) is 0.750. The van der Waals surface area contributed by atoms with Gasteiger partial charge in [0.15, 0.2) is 0 Å². The molecule has 2 aromatic heterocycles. The zero-order valence-electron chi connectivity index (χ0n) is 8.94. The van der Waals surface area contributed by atoms with Gasteiger partial charge in [-0.2, -0.15) is 0 Å². The van der Waals surface area contributed by atoms with Gasteiger partial charge in [0.2, 0.25) is 5.88 Å². The number of ether oxygens (including phenoxy) is 2. The monoisotopic (exact) mass is 204 g/mol. The van der Waals surface area contributed by atoms with Gasteiger partial charge in [-0.05, 0) is 13.0 Å². The van der Waals surface area contributed by atoms with Crippen LogP contribution in [0.4, 0.5) is 0 Å². The molecule has 2 aromatic rings. The average molecular weight is 204 g/mol. The summed E-state index contributed by atoms with van der Waals surface area (Å²) in [7, 11) is 3.22. The lowest BCUT2D eigenvalue weighted by Crippen LogP contribution is -1.95. The minimum Gasteiger partial charge on any atom is -0.496 e. The van der Waals surface area contributed by atoms with Gasteiger partial charge in [-0.3, -0.25) is 0 Å². The topological polar surface area (TPSA) is 44.2 Å². The Morgan fingerprint density at radius 3 is 2.67 bits per heavy atom. The lowest BCUT2D eigenvalue weighted by Gasteiger charge is -2.08. The maximum atomic E-state index is 5.28. The van der Waals surface area contributed by atoms with E-state index >= 15 is 0 Å². The van der Waals surface area contributed by atoms with Crippen LogP contribution in [0, 0.1) is 6.92 Å². The zero-order chi connectivity index (χ0) is 10.8. The van der Waals surface area contributed by atoms with Crippen LogP contribution in [-0.4, -0.2) is 24.2 Å². The van der Waals surface area contributed by atoms with E-state index in [2.05, 4.69) is 9.97 Å². The Balaban J connectivity index is 2.82. The van der Waals surface area contributed by atoms with Crippen LogP contribution in [0.3, 0.4) is 0 Å². The summed E-state index contributed by atoms with van der Waals surface area (Å²) in [6.07, 6.45) is 1.68. The third-order valence-electron chi connectivity index (χ3n) is 2.20. The second kappa shape index (κ2) is 3.73. The smallest absolute Gasteiger partial charge is 0.240 e. The fourth-order valence-electron chi connectivity index (χ4n) is 1.54. The van der Waals surface area contributed by atoms with E-state index in [4.69, 9.17) is 9.47 Å². The number of hydrogen-bond acceptors (Lipinski definition) is 4. The maximum Gasteiger partial charge on any atom is 0.240 e. The molecular weight excluding hydrogens is 192 g/mol. The van der Waals surface area contributed by atoms with Crippen LogP contribution in [0.1, 0.15) is 5.69 Å². The van der Waals surface area contributed by atoms with Crippen LogP contribution in [0.2, 0.25) is 0 Å². The molecule has 4 nitrogen and oxygen atoms in total. The molecule has 0 aromatic carbocycles. The predicted octanol–water partition coefficient (Wildman–Crippen LogP) is 1.96. The highest BCUT2D eigenvalue weighted by Crippen LogP contribution is 2.29. The van der Waals surface area contributed by atoms with Crippen molar-refractivity contribution >= 4 is 10.9 Å². The molecule has 0 bridgehead atoms. The summed E-state index contributed by atoms with van der Waals surface area (Å²) in [4.78, 5) is 8.49. The van der Waals surface area contributed by atoms with Crippen LogP contribution < -0.4 is 9.47 Å². The Hall–Kier alpha value is -1.84. The fraction of sp³-hybridized carbons (Fsp3) is 0.273. The van der Waals surface area contributed by atoms with E-state index in [9.17, 15) is 0 Å². The van der Waals surface area contributed by atoms with E-state index < -0.39 is 0 Å². The summed E-state index contributed by atoms with van der Waals surface area (Å²) < 4.78 is 10.4. The SMILES string of the molecule is COc1cc(C)nc2c(OC)nccc12. The Morgan fingerprint density at radius 1 is 1.20 bits per heavy atom. The second-order valence-electron chi connectivity index (χ2n) is 3.18. The van der Waals surface area contributed by atoms with E-state index in [1.54, 1.807) is 20.4 Å². The number of aryl methyl sites for hydroxylation is 1. The normalized spacial score (nSPS) is 10.3. The van der Waals surface area contributed by atoms with E-state index in [1.807, 2.05) is 19.1 Å². The van der Waals surface area contributed by atoms with Crippen molar-refractivity contribution in [3.8, 4) is 11.6 Å². The van der Waals surface area contributed by atoms with Gasteiger partial charge in [-0.25, -0.2) is 9.97 Å².